The van der Waals surface area contributed by atoms with Crippen LogP contribution in [0, 0.1) is 15.9 Å². The second-order valence-electron chi connectivity index (χ2n) is 6.76. The average molecular weight is 459 g/mol. The van der Waals surface area contributed by atoms with Gasteiger partial charge in [0.15, 0.2) is 0 Å². The normalized spacial score (nSPS) is 12.8. The number of nitro benzene ring substituents is 1. The number of carbonyl (C=O) groups excluding carboxylic acids is 3. The molecule has 0 aliphatic carbocycles. The Hall–Kier alpha value is -4.19. The molecule has 0 spiro atoms. The maximum atomic E-state index is 13.1. The van der Waals surface area contributed by atoms with Crippen LogP contribution in [0.3, 0.4) is 0 Å². The van der Waals surface area contributed by atoms with Crippen molar-refractivity contribution < 1.29 is 23.7 Å². The van der Waals surface area contributed by atoms with Crippen LogP contribution >= 0.6 is 11.6 Å². The van der Waals surface area contributed by atoms with Crippen LogP contribution in [0.1, 0.15) is 26.4 Å². The topological polar surface area (TPSA) is 140 Å². The number of carbonyl (C=O) groups is 3. The number of hydrogen-bond acceptors (Lipinski definition) is 7. The van der Waals surface area contributed by atoms with E-state index in [0.29, 0.717) is 0 Å². The molecule has 1 aliphatic rings. The molecule has 3 aromatic rings. The zero-order valence-corrected chi connectivity index (χ0v) is 16.7. The van der Waals surface area contributed by atoms with Crippen molar-refractivity contribution in [1.29, 1.82) is 0 Å². The minimum Gasteiger partial charge on any atom is -0.323 e. The predicted octanol–water partition coefficient (Wildman–Crippen LogP) is 2.41. The number of fused-ring (bicyclic) bond motifs is 1. The zero-order valence-electron chi connectivity index (χ0n) is 16.0. The standard InChI is InChI=1S/C19H12ClFN6O5/c20-15-5-10(21)1-4-16(15)22-17(28)9-25-7-11(23-24-25)8-26-18(29)13-3-2-12(27(31)32)6-14(13)19(26)30/h1-7H,8-9H2,(H,22,28). The summed E-state index contributed by atoms with van der Waals surface area (Å²) in [7, 11) is 0. The van der Waals surface area contributed by atoms with Gasteiger partial charge in [0.25, 0.3) is 17.5 Å². The maximum Gasteiger partial charge on any atom is 0.270 e. The molecule has 0 unspecified atom stereocenters. The number of amides is 3. The van der Waals surface area contributed by atoms with Crippen LogP contribution < -0.4 is 5.32 Å². The van der Waals surface area contributed by atoms with Crippen molar-refractivity contribution in [3.05, 3.63) is 80.4 Å². The quantitative estimate of drug-likeness (QED) is 0.339. The highest BCUT2D eigenvalue weighted by atomic mass is 35.5. The Bertz CT molecular complexity index is 1290. The van der Waals surface area contributed by atoms with E-state index >= 15 is 0 Å². The molecule has 3 amide bonds. The first-order valence-electron chi connectivity index (χ1n) is 9.01. The lowest BCUT2D eigenvalue weighted by molar-refractivity contribution is -0.384. The number of non-ortho nitro benzene ring substituents is 1. The van der Waals surface area contributed by atoms with Crippen molar-refractivity contribution in [1.82, 2.24) is 19.9 Å². The van der Waals surface area contributed by atoms with E-state index in [2.05, 4.69) is 15.6 Å². The summed E-state index contributed by atoms with van der Waals surface area (Å²) >= 11 is 5.87. The number of aromatic nitrogens is 3. The summed E-state index contributed by atoms with van der Waals surface area (Å²) in [6.45, 7) is -0.486. The number of benzene rings is 2. The summed E-state index contributed by atoms with van der Waals surface area (Å²) in [5.41, 5.74) is 0.140. The van der Waals surface area contributed by atoms with Crippen molar-refractivity contribution in [3.8, 4) is 0 Å². The number of anilines is 1. The third-order valence-electron chi connectivity index (χ3n) is 4.58. The fourth-order valence-corrected chi connectivity index (χ4v) is 3.33. The third-order valence-corrected chi connectivity index (χ3v) is 4.89. The molecule has 162 valence electrons. The van der Waals surface area contributed by atoms with Gasteiger partial charge in [0, 0.05) is 12.1 Å². The molecule has 1 N–H and O–H groups in total. The number of nitrogens with one attached hydrogen (secondary N) is 1. The zero-order chi connectivity index (χ0) is 23.0. The summed E-state index contributed by atoms with van der Waals surface area (Å²) < 4.78 is 14.3. The third kappa shape index (κ3) is 4.03. The van der Waals surface area contributed by atoms with Crippen molar-refractivity contribution >= 4 is 40.7 Å². The van der Waals surface area contributed by atoms with Crippen LogP contribution in [0.15, 0.2) is 42.6 Å². The van der Waals surface area contributed by atoms with E-state index in [1.54, 1.807) is 0 Å². The largest absolute Gasteiger partial charge is 0.323 e. The molecule has 4 rings (SSSR count). The van der Waals surface area contributed by atoms with E-state index in [1.165, 1.54) is 23.0 Å². The SMILES string of the molecule is O=C(Cn1cc(CN2C(=O)c3ccc([N+](=O)[O-])cc3C2=O)nn1)Nc1ccc(F)cc1Cl. The molecule has 0 radical (unpaired) electrons. The Morgan fingerprint density at radius 2 is 1.91 bits per heavy atom. The molecule has 0 saturated heterocycles. The van der Waals surface area contributed by atoms with E-state index in [0.717, 1.165) is 29.2 Å². The van der Waals surface area contributed by atoms with Gasteiger partial charge in [-0.1, -0.05) is 16.8 Å². The van der Waals surface area contributed by atoms with Gasteiger partial charge in [0.1, 0.15) is 18.1 Å². The highest BCUT2D eigenvalue weighted by Crippen LogP contribution is 2.27. The number of nitro groups is 1. The van der Waals surface area contributed by atoms with Crippen LogP contribution in [-0.2, 0) is 17.9 Å². The number of nitrogens with zero attached hydrogens (tertiary/aromatic N) is 5. The molecular weight excluding hydrogens is 447 g/mol. The predicted molar refractivity (Wildman–Crippen MR) is 107 cm³/mol. The van der Waals surface area contributed by atoms with E-state index in [-0.39, 0.29) is 46.3 Å². The Balaban J connectivity index is 1.43. The van der Waals surface area contributed by atoms with Crippen molar-refractivity contribution in [3.63, 3.8) is 0 Å². The fraction of sp³-hybridized carbons (Fsp3) is 0.105. The lowest BCUT2D eigenvalue weighted by Gasteiger charge is -2.11. The number of rotatable bonds is 6. The van der Waals surface area contributed by atoms with Gasteiger partial charge in [-0.25, -0.2) is 9.07 Å². The summed E-state index contributed by atoms with van der Waals surface area (Å²) in [5.74, 6) is -2.36. The van der Waals surface area contributed by atoms with Crippen LogP contribution in [0.4, 0.5) is 15.8 Å². The Morgan fingerprint density at radius 1 is 1.16 bits per heavy atom. The highest BCUT2D eigenvalue weighted by Gasteiger charge is 2.37. The summed E-state index contributed by atoms with van der Waals surface area (Å²) in [6, 6.07) is 6.95. The molecule has 0 fully saturated rings. The van der Waals surface area contributed by atoms with Crippen LogP contribution in [-0.4, -0.2) is 42.5 Å². The van der Waals surface area contributed by atoms with Gasteiger partial charge < -0.3 is 5.32 Å². The van der Waals surface area contributed by atoms with E-state index in [9.17, 15) is 28.9 Å². The number of imide groups is 1. The van der Waals surface area contributed by atoms with Crippen LogP contribution in [0.2, 0.25) is 5.02 Å². The molecule has 32 heavy (non-hydrogen) atoms. The Kier molecular flexibility index (Phi) is 5.36. The lowest BCUT2D eigenvalue weighted by atomic mass is 10.1. The molecule has 0 atom stereocenters. The van der Waals surface area contributed by atoms with Gasteiger partial charge in [-0.05, 0) is 24.3 Å². The molecule has 1 aliphatic heterocycles. The van der Waals surface area contributed by atoms with Crippen molar-refractivity contribution in [2.24, 2.45) is 0 Å². The molecular formula is C19H12ClFN6O5. The monoisotopic (exact) mass is 458 g/mol. The second-order valence-corrected chi connectivity index (χ2v) is 7.17. The van der Waals surface area contributed by atoms with Gasteiger partial charge >= 0.3 is 0 Å². The lowest BCUT2D eigenvalue weighted by Crippen LogP contribution is -2.29. The minimum atomic E-state index is -0.688. The average Bonchev–Trinajstić information content (AvgIpc) is 3.28. The van der Waals surface area contributed by atoms with Gasteiger partial charge in [0.2, 0.25) is 5.91 Å². The first-order chi connectivity index (χ1) is 15.2. The van der Waals surface area contributed by atoms with Crippen LogP contribution in [0.5, 0.6) is 0 Å². The molecule has 2 heterocycles. The van der Waals surface area contributed by atoms with Gasteiger partial charge in [-0.15, -0.1) is 5.10 Å². The highest BCUT2D eigenvalue weighted by molar-refractivity contribution is 6.33. The number of hydrogen-bond donors (Lipinski definition) is 1. The van der Waals surface area contributed by atoms with E-state index in [1.807, 2.05) is 0 Å². The summed E-state index contributed by atoms with van der Waals surface area (Å²) in [6.07, 6.45) is 1.37. The Labute approximate surface area is 183 Å². The first kappa shape index (κ1) is 21.1. The van der Waals surface area contributed by atoms with E-state index < -0.39 is 28.5 Å². The van der Waals surface area contributed by atoms with Crippen LogP contribution in [0.25, 0.3) is 0 Å². The van der Waals surface area contributed by atoms with Gasteiger partial charge in [-0.2, -0.15) is 0 Å². The second kappa shape index (κ2) is 8.15. The molecule has 2 aromatic carbocycles. The summed E-state index contributed by atoms with van der Waals surface area (Å²) in [4.78, 5) is 48.4. The minimum absolute atomic E-state index is 0.0310. The molecule has 0 bridgehead atoms. The molecule has 1 aromatic heterocycles. The maximum absolute atomic E-state index is 13.1. The summed E-state index contributed by atoms with van der Waals surface area (Å²) in [5, 5.41) is 21.1. The van der Waals surface area contributed by atoms with Gasteiger partial charge in [0.05, 0.1) is 39.5 Å². The number of halogens is 2. The smallest absolute Gasteiger partial charge is 0.270 e. The fourth-order valence-electron chi connectivity index (χ4n) is 3.11. The first-order valence-corrected chi connectivity index (χ1v) is 9.39. The van der Waals surface area contributed by atoms with Crippen molar-refractivity contribution in [2.75, 3.05) is 5.32 Å². The molecule has 0 saturated carbocycles. The Morgan fingerprint density at radius 3 is 2.62 bits per heavy atom. The van der Waals surface area contributed by atoms with E-state index in [4.69, 9.17) is 11.6 Å². The molecule has 11 nitrogen and oxygen atoms in total. The molecule has 13 heteroatoms. The van der Waals surface area contributed by atoms with Gasteiger partial charge in [-0.3, -0.25) is 29.4 Å². The van der Waals surface area contributed by atoms with Crippen molar-refractivity contribution in [2.45, 2.75) is 13.1 Å².